The van der Waals surface area contributed by atoms with Crippen molar-refractivity contribution in [1.29, 1.82) is 0 Å². The molecule has 0 aromatic heterocycles. The maximum absolute atomic E-state index is 12.8. The van der Waals surface area contributed by atoms with Gasteiger partial charge in [0, 0.05) is 18.5 Å². The van der Waals surface area contributed by atoms with Gasteiger partial charge in [-0.15, -0.1) is 0 Å². The van der Waals surface area contributed by atoms with Crippen LogP contribution in [0.2, 0.25) is 0 Å². The lowest BCUT2D eigenvalue weighted by molar-refractivity contribution is -0.146. The molecule has 1 aromatic rings. The molecule has 158 valence electrons. The number of carbonyl (C=O) groups is 1. The Morgan fingerprint density at radius 3 is 2.79 bits per heavy atom. The van der Waals surface area contributed by atoms with Crippen molar-refractivity contribution in [3.8, 4) is 0 Å². The van der Waals surface area contributed by atoms with Crippen molar-refractivity contribution in [2.45, 2.75) is 64.2 Å². The maximum Gasteiger partial charge on any atom is 0.310 e. The monoisotopic (exact) mass is 397 g/mol. The van der Waals surface area contributed by atoms with Crippen LogP contribution in [-0.2, 0) is 9.53 Å². The van der Waals surface area contributed by atoms with E-state index in [2.05, 4.69) is 18.4 Å². The van der Waals surface area contributed by atoms with E-state index in [4.69, 9.17) is 4.74 Å². The summed E-state index contributed by atoms with van der Waals surface area (Å²) in [6, 6.07) is 9.66. The number of nitrogens with zero attached hydrogens (tertiary/aromatic N) is 1. The largest absolute Gasteiger partial charge is 0.462 e. The second kappa shape index (κ2) is 7.88. The minimum absolute atomic E-state index is 0.0439. The van der Waals surface area contributed by atoms with Crippen molar-refractivity contribution in [3.05, 3.63) is 48.0 Å². The van der Waals surface area contributed by atoms with Crippen molar-refractivity contribution in [2.24, 2.45) is 23.2 Å². The molecule has 1 heterocycles. The summed E-state index contributed by atoms with van der Waals surface area (Å²) in [6.45, 7) is 9.39. The van der Waals surface area contributed by atoms with E-state index in [1.165, 1.54) is 18.4 Å². The van der Waals surface area contributed by atoms with E-state index in [0.29, 0.717) is 12.5 Å². The number of hydrogen-bond donors (Lipinski definition) is 1. The average molecular weight is 398 g/mol. The molecule has 3 aliphatic rings. The van der Waals surface area contributed by atoms with E-state index in [0.717, 1.165) is 24.8 Å². The van der Waals surface area contributed by atoms with Crippen LogP contribution in [0.1, 0.15) is 57.6 Å². The molecule has 2 saturated carbocycles. The van der Waals surface area contributed by atoms with Gasteiger partial charge >= 0.3 is 5.97 Å². The van der Waals surface area contributed by atoms with Crippen LogP contribution in [0.4, 0.5) is 0 Å². The molecule has 3 fully saturated rings. The van der Waals surface area contributed by atoms with Crippen LogP contribution < -0.4 is 0 Å². The second-order valence-corrected chi connectivity index (χ2v) is 9.94. The van der Waals surface area contributed by atoms with E-state index >= 15 is 0 Å². The van der Waals surface area contributed by atoms with Gasteiger partial charge in [0.2, 0.25) is 0 Å². The van der Waals surface area contributed by atoms with Crippen LogP contribution in [0.3, 0.4) is 0 Å². The first kappa shape index (κ1) is 20.6. The molecule has 1 aliphatic heterocycles. The van der Waals surface area contributed by atoms with E-state index in [1.807, 2.05) is 44.3 Å². The number of aliphatic hydroxyl groups is 1. The minimum Gasteiger partial charge on any atom is -0.462 e. The topological polar surface area (TPSA) is 49.8 Å². The zero-order valence-electron chi connectivity index (χ0n) is 18.0. The lowest BCUT2D eigenvalue weighted by Crippen LogP contribution is -2.46. The summed E-state index contributed by atoms with van der Waals surface area (Å²) in [5.74, 6) is 0.599. The van der Waals surface area contributed by atoms with E-state index in [9.17, 15) is 9.90 Å². The minimum atomic E-state index is -0.581. The Labute approximate surface area is 174 Å². The number of aliphatic hydroxyl groups excluding tert-OH is 1. The molecule has 0 unspecified atom stereocenters. The van der Waals surface area contributed by atoms with Crippen LogP contribution in [0, 0.1) is 23.2 Å². The standard InChI is InChI=1S/C25H35NO3/c1-16-9-8-12-25(3)14-22-19(13-21(16)25)20(24(28)29-22)15-26(4)17(2)23(27)18-10-6-5-7-11-18/h5-7,10-11,17,19-23,27H,1,8-9,12-15H2,2-4H3/t17-,19-,20+,21-,22+,23+,25+/m0/s1. The summed E-state index contributed by atoms with van der Waals surface area (Å²) in [6.07, 6.45) is 4.98. The molecule has 4 rings (SSSR count). The van der Waals surface area contributed by atoms with E-state index in [-0.39, 0.29) is 35.4 Å². The molecule has 1 saturated heterocycles. The molecule has 7 atom stereocenters. The smallest absolute Gasteiger partial charge is 0.310 e. The molecule has 4 heteroatoms. The average Bonchev–Trinajstić information content (AvgIpc) is 2.99. The molecule has 1 aromatic carbocycles. The summed E-state index contributed by atoms with van der Waals surface area (Å²) in [5.41, 5.74) is 2.51. The van der Waals surface area contributed by atoms with Crippen LogP contribution in [0.15, 0.2) is 42.5 Å². The zero-order valence-corrected chi connectivity index (χ0v) is 18.0. The highest BCUT2D eigenvalue weighted by Crippen LogP contribution is 2.57. The van der Waals surface area contributed by atoms with Gasteiger partial charge in [0.1, 0.15) is 6.10 Å². The Kier molecular flexibility index (Phi) is 5.60. The van der Waals surface area contributed by atoms with Gasteiger partial charge < -0.3 is 9.84 Å². The highest BCUT2D eigenvalue weighted by atomic mass is 16.6. The Hall–Kier alpha value is -1.65. The number of fused-ring (bicyclic) bond motifs is 2. The van der Waals surface area contributed by atoms with Gasteiger partial charge in [0.25, 0.3) is 0 Å². The highest BCUT2D eigenvalue weighted by molar-refractivity contribution is 5.75. The SMILES string of the molecule is C=C1CCC[C@]2(C)C[C@H]3OC(=O)[C@H](CN(C)[C@@H](C)[C@@H](O)c4ccccc4)[C@@H]3C[C@@H]12. The number of allylic oxidation sites excluding steroid dienone is 1. The molecule has 0 bridgehead atoms. The molecule has 1 N–H and O–H groups in total. The van der Waals surface area contributed by atoms with Gasteiger partial charge in [-0.1, -0.05) is 49.4 Å². The third-order valence-corrected chi connectivity index (χ3v) is 8.10. The van der Waals surface area contributed by atoms with Crippen molar-refractivity contribution in [2.75, 3.05) is 13.6 Å². The molecule has 29 heavy (non-hydrogen) atoms. The fourth-order valence-corrected chi connectivity index (χ4v) is 6.11. The fraction of sp³-hybridized carbons (Fsp3) is 0.640. The fourth-order valence-electron chi connectivity index (χ4n) is 6.11. The van der Waals surface area contributed by atoms with Gasteiger partial charge in [-0.2, -0.15) is 0 Å². The quantitative estimate of drug-likeness (QED) is 0.593. The number of hydrogen-bond acceptors (Lipinski definition) is 4. The Balaban J connectivity index is 1.46. The van der Waals surface area contributed by atoms with E-state index < -0.39 is 6.10 Å². The van der Waals surface area contributed by atoms with Crippen LogP contribution in [0.5, 0.6) is 0 Å². The third-order valence-electron chi connectivity index (χ3n) is 8.10. The molecular weight excluding hydrogens is 362 g/mol. The van der Waals surface area contributed by atoms with Gasteiger partial charge in [-0.05, 0) is 63.0 Å². The Bertz CT molecular complexity index is 763. The number of benzene rings is 1. The first-order valence-electron chi connectivity index (χ1n) is 11.1. The third kappa shape index (κ3) is 3.77. The first-order chi connectivity index (χ1) is 13.8. The van der Waals surface area contributed by atoms with Gasteiger partial charge in [-0.25, -0.2) is 0 Å². The zero-order chi connectivity index (χ0) is 20.8. The molecule has 0 radical (unpaired) electrons. The van der Waals surface area contributed by atoms with Crippen LogP contribution in [-0.4, -0.2) is 41.7 Å². The highest BCUT2D eigenvalue weighted by Gasteiger charge is 2.55. The molecule has 4 nitrogen and oxygen atoms in total. The lowest BCUT2D eigenvalue weighted by Gasteiger charge is -2.50. The summed E-state index contributed by atoms with van der Waals surface area (Å²) in [4.78, 5) is 14.9. The molecular formula is C25H35NO3. The second-order valence-electron chi connectivity index (χ2n) is 9.94. The van der Waals surface area contributed by atoms with Crippen molar-refractivity contribution < 1.29 is 14.6 Å². The summed E-state index contributed by atoms with van der Waals surface area (Å²) < 4.78 is 5.90. The van der Waals surface area contributed by atoms with Gasteiger partial charge in [0.15, 0.2) is 0 Å². The van der Waals surface area contributed by atoms with Crippen molar-refractivity contribution in [1.82, 2.24) is 4.90 Å². The molecule has 2 aliphatic carbocycles. The number of ether oxygens (including phenoxy) is 1. The number of carbonyl (C=O) groups excluding carboxylic acids is 1. The number of rotatable bonds is 5. The number of esters is 1. The predicted octanol–water partition coefficient (Wildman–Crippen LogP) is 4.35. The summed E-state index contributed by atoms with van der Waals surface area (Å²) in [5, 5.41) is 10.8. The molecule has 0 spiro atoms. The summed E-state index contributed by atoms with van der Waals surface area (Å²) >= 11 is 0. The van der Waals surface area contributed by atoms with Gasteiger partial charge in [-0.3, -0.25) is 9.69 Å². The van der Waals surface area contributed by atoms with Crippen LogP contribution in [0.25, 0.3) is 0 Å². The maximum atomic E-state index is 12.8. The Morgan fingerprint density at radius 1 is 1.34 bits per heavy atom. The first-order valence-corrected chi connectivity index (χ1v) is 11.1. The lowest BCUT2D eigenvalue weighted by atomic mass is 9.55. The van der Waals surface area contributed by atoms with Gasteiger partial charge in [0.05, 0.1) is 12.0 Å². The molecule has 0 amide bonds. The Morgan fingerprint density at radius 2 is 2.07 bits per heavy atom. The predicted molar refractivity (Wildman–Crippen MR) is 114 cm³/mol. The van der Waals surface area contributed by atoms with Crippen molar-refractivity contribution >= 4 is 5.97 Å². The van der Waals surface area contributed by atoms with Crippen LogP contribution >= 0.6 is 0 Å². The number of likely N-dealkylation sites (N-methyl/N-ethyl adjacent to an activating group) is 1. The summed E-state index contributed by atoms with van der Waals surface area (Å²) in [7, 11) is 2.00. The normalized spacial score (nSPS) is 36.3. The van der Waals surface area contributed by atoms with E-state index in [1.54, 1.807) is 0 Å². The van der Waals surface area contributed by atoms with Crippen molar-refractivity contribution in [3.63, 3.8) is 0 Å².